The zero-order chi connectivity index (χ0) is 14.7. The van der Waals surface area contributed by atoms with Crippen molar-refractivity contribution in [3.05, 3.63) is 53.5 Å². The molecular weight excluding hydrogens is 271 g/mol. The fourth-order valence-electron chi connectivity index (χ4n) is 1.84. The van der Waals surface area contributed by atoms with E-state index in [1.807, 2.05) is 0 Å². The summed E-state index contributed by atoms with van der Waals surface area (Å²) in [6.07, 6.45) is 2.31. The van der Waals surface area contributed by atoms with Crippen LogP contribution in [0.25, 0.3) is 0 Å². The van der Waals surface area contributed by atoms with Crippen molar-refractivity contribution in [1.29, 1.82) is 0 Å². The molecule has 1 aliphatic rings. The lowest BCUT2D eigenvalue weighted by Crippen LogP contribution is -2.24. The number of halogens is 1. The van der Waals surface area contributed by atoms with Crippen molar-refractivity contribution >= 4 is 11.7 Å². The van der Waals surface area contributed by atoms with Gasteiger partial charge in [-0.3, -0.25) is 4.79 Å². The maximum absolute atomic E-state index is 12.8. The standard InChI is InChI=1S/C15H15FN4O/c16-11-3-1-10(2-4-11)9-17-15(21)13-7-8-14(20-19-13)18-12-5-6-12/h1-4,7-8,12H,5-6,9H2,(H,17,21)(H,18,20). The Balaban J connectivity index is 1.55. The highest BCUT2D eigenvalue weighted by atomic mass is 19.1. The molecule has 0 spiro atoms. The van der Waals surface area contributed by atoms with Gasteiger partial charge in [0.2, 0.25) is 0 Å². The average Bonchev–Trinajstić information content (AvgIpc) is 3.31. The van der Waals surface area contributed by atoms with Gasteiger partial charge >= 0.3 is 0 Å². The molecule has 2 aromatic rings. The van der Waals surface area contributed by atoms with Gasteiger partial charge in [-0.1, -0.05) is 12.1 Å². The molecule has 0 bridgehead atoms. The summed E-state index contributed by atoms with van der Waals surface area (Å²) >= 11 is 0. The topological polar surface area (TPSA) is 66.9 Å². The number of benzene rings is 1. The van der Waals surface area contributed by atoms with Crippen molar-refractivity contribution < 1.29 is 9.18 Å². The Morgan fingerprint density at radius 3 is 2.52 bits per heavy atom. The van der Waals surface area contributed by atoms with E-state index in [9.17, 15) is 9.18 Å². The largest absolute Gasteiger partial charge is 0.366 e. The number of hydrogen-bond acceptors (Lipinski definition) is 4. The van der Waals surface area contributed by atoms with Crippen LogP contribution in [0.15, 0.2) is 36.4 Å². The van der Waals surface area contributed by atoms with Crippen LogP contribution < -0.4 is 10.6 Å². The average molecular weight is 286 g/mol. The lowest BCUT2D eigenvalue weighted by atomic mass is 10.2. The molecule has 1 amide bonds. The molecule has 1 saturated carbocycles. The Kier molecular flexibility index (Phi) is 3.77. The minimum Gasteiger partial charge on any atom is -0.366 e. The predicted molar refractivity (Wildman–Crippen MR) is 76.2 cm³/mol. The third-order valence-electron chi connectivity index (χ3n) is 3.19. The van der Waals surface area contributed by atoms with Gasteiger partial charge in [-0.15, -0.1) is 10.2 Å². The maximum atomic E-state index is 12.8. The maximum Gasteiger partial charge on any atom is 0.272 e. The molecular formula is C15H15FN4O. The van der Waals surface area contributed by atoms with Gasteiger partial charge in [0.15, 0.2) is 5.69 Å². The molecule has 1 fully saturated rings. The number of nitrogens with one attached hydrogen (secondary N) is 2. The van der Waals surface area contributed by atoms with Crippen molar-refractivity contribution in [1.82, 2.24) is 15.5 Å². The van der Waals surface area contributed by atoms with Crippen LogP contribution in [0.1, 0.15) is 28.9 Å². The number of rotatable bonds is 5. The second kappa shape index (κ2) is 5.87. The van der Waals surface area contributed by atoms with Crippen LogP contribution in [0.4, 0.5) is 10.2 Å². The molecule has 6 heteroatoms. The van der Waals surface area contributed by atoms with Gasteiger partial charge in [0, 0.05) is 12.6 Å². The number of carbonyl (C=O) groups excluding carboxylic acids is 1. The van der Waals surface area contributed by atoms with E-state index in [4.69, 9.17) is 0 Å². The van der Waals surface area contributed by atoms with Crippen LogP contribution in [0, 0.1) is 5.82 Å². The Labute approximate surface area is 121 Å². The fourth-order valence-corrected chi connectivity index (χ4v) is 1.84. The van der Waals surface area contributed by atoms with E-state index < -0.39 is 0 Å². The van der Waals surface area contributed by atoms with Gasteiger partial charge in [-0.25, -0.2) is 4.39 Å². The van der Waals surface area contributed by atoms with Gasteiger partial charge in [-0.05, 0) is 42.7 Å². The highest BCUT2D eigenvalue weighted by Crippen LogP contribution is 2.23. The van der Waals surface area contributed by atoms with Crippen molar-refractivity contribution in [3.63, 3.8) is 0 Å². The van der Waals surface area contributed by atoms with E-state index in [0.29, 0.717) is 18.4 Å². The summed E-state index contributed by atoms with van der Waals surface area (Å²) in [5, 5.41) is 13.8. The summed E-state index contributed by atoms with van der Waals surface area (Å²) in [6.45, 7) is 0.322. The zero-order valence-corrected chi connectivity index (χ0v) is 11.3. The lowest BCUT2D eigenvalue weighted by molar-refractivity contribution is 0.0945. The fraction of sp³-hybridized carbons (Fsp3) is 0.267. The Morgan fingerprint density at radius 2 is 1.90 bits per heavy atom. The first-order chi connectivity index (χ1) is 10.2. The number of carbonyl (C=O) groups is 1. The van der Waals surface area contributed by atoms with Crippen molar-refractivity contribution in [2.45, 2.75) is 25.4 Å². The highest BCUT2D eigenvalue weighted by molar-refractivity contribution is 5.92. The first kappa shape index (κ1) is 13.5. The summed E-state index contributed by atoms with van der Waals surface area (Å²) in [4.78, 5) is 11.9. The number of amides is 1. The summed E-state index contributed by atoms with van der Waals surface area (Å²) in [5.74, 6) is 0.0899. The molecule has 1 heterocycles. The minimum absolute atomic E-state index is 0.262. The predicted octanol–water partition coefficient (Wildman–Crippen LogP) is 2.12. The SMILES string of the molecule is O=C(NCc1ccc(F)cc1)c1ccc(NC2CC2)nn1. The molecule has 1 aromatic heterocycles. The van der Waals surface area contributed by atoms with Crippen molar-refractivity contribution in [2.24, 2.45) is 0 Å². The van der Waals surface area contributed by atoms with Crippen LogP contribution in [0.2, 0.25) is 0 Å². The molecule has 1 aromatic carbocycles. The molecule has 0 saturated heterocycles. The third-order valence-corrected chi connectivity index (χ3v) is 3.19. The lowest BCUT2D eigenvalue weighted by Gasteiger charge is -2.06. The van der Waals surface area contributed by atoms with E-state index in [1.54, 1.807) is 24.3 Å². The highest BCUT2D eigenvalue weighted by Gasteiger charge is 2.21. The van der Waals surface area contributed by atoms with Gasteiger partial charge < -0.3 is 10.6 Å². The van der Waals surface area contributed by atoms with Crippen LogP contribution in [-0.4, -0.2) is 22.1 Å². The summed E-state index contributed by atoms with van der Waals surface area (Å²) in [5.41, 5.74) is 1.09. The molecule has 2 N–H and O–H groups in total. The van der Waals surface area contributed by atoms with Gasteiger partial charge in [0.25, 0.3) is 5.91 Å². The normalized spacial score (nSPS) is 13.8. The first-order valence-corrected chi connectivity index (χ1v) is 6.83. The van der Waals surface area contributed by atoms with Gasteiger partial charge in [-0.2, -0.15) is 0 Å². The second-order valence-corrected chi connectivity index (χ2v) is 5.03. The van der Waals surface area contributed by atoms with E-state index in [-0.39, 0.29) is 17.4 Å². The van der Waals surface area contributed by atoms with Crippen LogP contribution in [0.3, 0.4) is 0 Å². The van der Waals surface area contributed by atoms with Crippen molar-refractivity contribution in [3.8, 4) is 0 Å². The summed E-state index contributed by atoms with van der Waals surface area (Å²) in [6, 6.07) is 9.86. The number of anilines is 1. The molecule has 0 aliphatic heterocycles. The van der Waals surface area contributed by atoms with E-state index in [1.165, 1.54) is 12.1 Å². The van der Waals surface area contributed by atoms with E-state index in [0.717, 1.165) is 18.4 Å². The molecule has 108 valence electrons. The quantitative estimate of drug-likeness (QED) is 0.883. The van der Waals surface area contributed by atoms with Crippen molar-refractivity contribution in [2.75, 3.05) is 5.32 Å². The molecule has 1 aliphatic carbocycles. The second-order valence-electron chi connectivity index (χ2n) is 5.03. The first-order valence-electron chi connectivity index (χ1n) is 6.83. The van der Waals surface area contributed by atoms with Gasteiger partial charge in [0.1, 0.15) is 11.6 Å². The molecule has 21 heavy (non-hydrogen) atoms. The van der Waals surface area contributed by atoms with Crippen LogP contribution in [0.5, 0.6) is 0 Å². The molecule has 3 rings (SSSR count). The molecule has 0 radical (unpaired) electrons. The van der Waals surface area contributed by atoms with Crippen LogP contribution in [-0.2, 0) is 6.54 Å². The molecule has 5 nitrogen and oxygen atoms in total. The Bertz CT molecular complexity index is 623. The monoisotopic (exact) mass is 286 g/mol. The zero-order valence-electron chi connectivity index (χ0n) is 11.3. The smallest absolute Gasteiger partial charge is 0.272 e. The molecule has 0 atom stereocenters. The summed E-state index contributed by atoms with van der Waals surface area (Å²) < 4.78 is 12.8. The number of aromatic nitrogens is 2. The molecule has 0 unspecified atom stereocenters. The van der Waals surface area contributed by atoms with Gasteiger partial charge in [0.05, 0.1) is 0 Å². The van der Waals surface area contributed by atoms with Crippen LogP contribution >= 0.6 is 0 Å². The third kappa shape index (κ3) is 3.75. The Morgan fingerprint density at radius 1 is 1.14 bits per heavy atom. The van der Waals surface area contributed by atoms with E-state index >= 15 is 0 Å². The number of nitrogens with zero attached hydrogens (tertiary/aromatic N) is 2. The Hall–Kier alpha value is -2.50. The number of hydrogen-bond donors (Lipinski definition) is 2. The minimum atomic E-state index is -0.301. The summed E-state index contributed by atoms with van der Waals surface area (Å²) in [7, 11) is 0. The van der Waals surface area contributed by atoms with E-state index in [2.05, 4.69) is 20.8 Å².